The molecule has 48 heavy (non-hydrogen) atoms. The summed E-state index contributed by atoms with van der Waals surface area (Å²) in [5, 5.41) is -3.40. The minimum atomic E-state index is -2.39. The fourth-order valence-corrected chi connectivity index (χ4v) is 5.66. The Kier molecular flexibility index (Phi) is 7.33. The summed E-state index contributed by atoms with van der Waals surface area (Å²) in [5.74, 6) is -21.2. The van der Waals surface area contributed by atoms with Gasteiger partial charge in [0.1, 0.15) is 17.3 Å². The summed E-state index contributed by atoms with van der Waals surface area (Å²) in [4.78, 5) is 0. The third kappa shape index (κ3) is 4.57. The third-order valence-electron chi connectivity index (χ3n) is 7.86. The molecule has 0 spiro atoms. The minimum Gasteiger partial charge on any atom is -0.521 e. The Morgan fingerprint density at radius 2 is 1.00 bits per heavy atom. The number of hydrogen-bond acceptors (Lipinski definition) is 2. The maximum absolute atomic E-state index is 15.8. The van der Waals surface area contributed by atoms with Crippen LogP contribution in [-0.2, 0) is 0 Å². The average Bonchev–Trinajstić information content (AvgIpc) is 3.07. The lowest BCUT2D eigenvalue weighted by atomic mass is 9.77. The van der Waals surface area contributed by atoms with E-state index in [1.54, 1.807) is 0 Å². The Balaban J connectivity index is 1.47. The standard InChI is InChI=1S/C34H12BF11O2/c36-18-10-6-13-5-7-16-23-22(13)24(18)30(43)31(44)25(23)32(45)33(46)34(16)48-35(17-9-12-20(38)29(42)27(17)40)47-21-4-2-1-3-14(21)15-8-11-19(37)28(41)26(15)39/h1-12H. The molecule has 0 heterocycles. The second kappa shape index (κ2) is 11.3. The van der Waals surface area contributed by atoms with Crippen molar-refractivity contribution in [1.29, 1.82) is 0 Å². The van der Waals surface area contributed by atoms with Crippen LogP contribution >= 0.6 is 0 Å². The molecule has 0 amide bonds. The summed E-state index contributed by atoms with van der Waals surface area (Å²) in [6, 6.07) is 11.7. The van der Waals surface area contributed by atoms with Gasteiger partial charge in [0.15, 0.2) is 58.2 Å². The summed E-state index contributed by atoms with van der Waals surface area (Å²) >= 11 is 0. The van der Waals surface area contributed by atoms with Gasteiger partial charge in [0, 0.05) is 27.3 Å². The molecule has 0 aliphatic rings. The minimum absolute atomic E-state index is 0.0849. The summed E-state index contributed by atoms with van der Waals surface area (Å²) in [7, 11) is -2.39. The third-order valence-corrected chi connectivity index (χ3v) is 7.86. The molecule has 0 saturated carbocycles. The molecule has 0 aliphatic heterocycles. The van der Waals surface area contributed by atoms with Crippen molar-refractivity contribution < 1.29 is 57.6 Å². The second-order valence-electron chi connectivity index (χ2n) is 10.5. The van der Waals surface area contributed by atoms with Crippen molar-refractivity contribution in [3.63, 3.8) is 0 Å². The maximum Gasteiger partial charge on any atom is 0.635 e. The second-order valence-corrected chi connectivity index (χ2v) is 10.5. The van der Waals surface area contributed by atoms with Crippen LogP contribution in [0.2, 0.25) is 0 Å². The number of halogens is 11. The zero-order valence-corrected chi connectivity index (χ0v) is 23.5. The molecular weight excluding hydrogens is 660 g/mol. The van der Waals surface area contributed by atoms with Crippen molar-refractivity contribution >= 4 is 44.9 Å². The van der Waals surface area contributed by atoms with Crippen LogP contribution in [0.25, 0.3) is 43.4 Å². The summed E-state index contributed by atoms with van der Waals surface area (Å²) in [5.41, 5.74) is -1.84. The monoisotopic (exact) mass is 672 g/mol. The predicted molar refractivity (Wildman–Crippen MR) is 155 cm³/mol. The first-order chi connectivity index (χ1) is 22.9. The molecule has 0 radical (unpaired) electrons. The molecule has 0 unspecified atom stereocenters. The molecule has 7 aromatic rings. The Morgan fingerprint density at radius 1 is 0.396 bits per heavy atom. The van der Waals surface area contributed by atoms with Crippen LogP contribution in [0.4, 0.5) is 48.3 Å². The van der Waals surface area contributed by atoms with Gasteiger partial charge in [-0.3, -0.25) is 0 Å². The van der Waals surface area contributed by atoms with Crippen molar-refractivity contribution in [2.45, 2.75) is 0 Å². The highest BCUT2D eigenvalue weighted by Gasteiger charge is 2.37. The largest absolute Gasteiger partial charge is 0.635 e. The molecule has 0 N–H and O–H groups in total. The van der Waals surface area contributed by atoms with Gasteiger partial charge in [-0.1, -0.05) is 36.4 Å². The van der Waals surface area contributed by atoms with E-state index in [9.17, 15) is 26.3 Å². The maximum atomic E-state index is 15.8. The highest BCUT2D eigenvalue weighted by atomic mass is 19.2. The van der Waals surface area contributed by atoms with Crippen LogP contribution < -0.4 is 14.8 Å². The Bertz CT molecular complexity index is 2450. The topological polar surface area (TPSA) is 18.5 Å². The zero-order chi connectivity index (χ0) is 34.2. The molecule has 14 heteroatoms. The SMILES string of the molecule is Fc1ccc(B(Oc2ccccc2-c2ccc(F)c(F)c2F)Oc2c(F)c(F)c3c(F)c(F)c4c(F)ccc5ccc2c3c54)c(F)c1F. The quantitative estimate of drug-likeness (QED) is 0.0759. The van der Waals surface area contributed by atoms with Gasteiger partial charge in [-0.15, -0.1) is 0 Å². The van der Waals surface area contributed by atoms with Crippen molar-refractivity contribution in [2.75, 3.05) is 0 Å². The number of rotatable bonds is 6. The van der Waals surface area contributed by atoms with Crippen LogP contribution in [-0.4, -0.2) is 7.12 Å². The van der Waals surface area contributed by atoms with Gasteiger partial charge >= 0.3 is 7.12 Å². The van der Waals surface area contributed by atoms with Gasteiger partial charge in [0.2, 0.25) is 0 Å². The molecule has 0 aromatic heterocycles. The Hall–Kier alpha value is -5.53. The first kappa shape index (κ1) is 31.1. The molecule has 0 saturated heterocycles. The van der Waals surface area contributed by atoms with Gasteiger partial charge in [0.05, 0.1) is 16.2 Å². The predicted octanol–water partition coefficient (Wildman–Crippen LogP) is 9.63. The number of benzene rings is 7. The normalized spacial score (nSPS) is 11.6. The van der Waals surface area contributed by atoms with E-state index >= 15 is 22.0 Å². The summed E-state index contributed by atoms with van der Waals surface area (Å²) in [6.45, 7) is 0. The fourth-order valence-electron chi connectivity index (χ4n) is 5.66. The van der Waals surface area contributed by atoms with Crippen LogP contribution in [0.15, 0.2) is 72.8 Å². The van der Waals surface area contributed by atoms with Gasteiger partial charge in [-0.05, 0) is 41.8 Å². The molecular formula is C34H12BF11O2. The Morgan fingerprint density at radius 3 is 1.75 bits per heavy atom. The van der Waals surface area contributed by atoms with Gasteiger partial charge in [0.25, 0.3) is 0 Å². The summed E-state index contributed by atoms with van der Waals surface area (Å²) in [6.07, 6.45) is 0. The van der Waals surface area contributed by atoms with Crippen molar-refractivity contribution in [3.05, 3.63) is 137 Å². The average molecular weight is 672 g/mol. The molecule has 0 fully saturated rings. The molecule has 7 aromatic carbocycles. The van der Waals surface area contributed by atoms with Gasteiger partial charge in [-0.25, -0.2) is 43.9 Å². The lowest BCUT2D eigenvalue weighted by Gasteiger charge is -2.22. The molecule has 240 valence electrons. The number of para-hydroxylation sites is 1. The molecule has 7 rings (SSSR count). The van der Waals surface area contributed by atoms with E-state index in [0.717, 1.165) is 30.3 Å². The van der Waals surface area contributed by atoms with Gasteiger partial charge < -0.3 is 9.31 Å². The van der Waals surface area contributed by atoms with E-state index in [1.165, 1.54) is 24.3 Å². The lowest BCUT2D eigenvalue weighted by molar-refractivity contribution is 0.404. The fraction of sp³-hybridized carbons (Fsp3) is 0. The molecule has 0 atom stereocenters. The first-order valence-electron chi connectivity index (χ1n) is 13.7. The van der Waals surface area contributed by atoms with Crippen LogP contribution in [0.1, 0.15) is 0 Å². The Labute approximate surface area is 262 Å². The van der Waals surface area contributed by atoms with E-state index < -0.39 is 115 Å². The van der Waals surface area contributed by atoms with Crippen molar-refractivity contribution in [3.8, 4) is 22.6 Å². The van der Waals surface area contributed by atoms with E-state index in [2.05, 4.69) is 0 Å². The van der Waals surface area contributed by atoms with E-state index in [-0.39, 0.29) is 16.3 Å². The highest BCUT2D eigenvalue weighted by molar-refractivity contribution is 6.63. The van der Waals surface area contributed by atoms with Crippen LogP contribution in [0, 0.1) is 64.0 Å². The zero-order valence-electron chi connectivity index (χ0n) is 23.5. The lowest BCUT2D eigenvalue weighted by Crippen LogP contribution is -2.45. The van der Waals surface area contributed by atoms with E-state index in [1.807, 2.05) is 0 Å². The van der Waals surface area contributed by atoms with Crippen LogP contribution in [0.5, 0.6) is 11.5 Å². The van der Waals surface area contributed by atoms with Gasteiger partial charge in [-0.2, -0.15) is 4.39 Å². The number of hydrogen-bond donors (Lipinski definition) is 0. The molecule has 0 bridgehead atoms. The molecule has 2 nitrogen and oxygen atoms in total. The smallest absolute Gasteiger partial charge is 0.521 e. The van der Waals surface area contributed by atoms with E-state index in [0.29, 0.717) is 18.2 Å². The van der Waals surface area contributed by atoms with Crippen molar-refractivity contribution in [1.82, 2.24) is 0 Å². The van der Waals surface area contributed by atoms with Crippen molar-refractivity contribution in [2.24, 2.45) is 0 Å². The molecule has 0 aliphatic carbocycles. The summed E-state index contributed by atoms with van der Waals surface area (Å²) < 4.78 is 174. The van der Waals surface area contributed by atoms with Crippen LogP contribution in [0.3, 0.4) is 0 Å². The van der Waals surface area contributed by atoms with E-state index in [4.69, 9.17) is 9.31 Å². The first-order valence-corrected chi connectivity index (χ1v) is 13.7. The highest BCUT2D eigenvalue weighted by Crippen LogP contribution is 2.45.